The number of carbonyl (C=O) groups excluding carboxylic acids is 1. The smallest absolute Gasteiger partial charge is 0.257 e. The van der Waals surface area contributed by atoms with Crippen molar-refractivity contribution < 1.29 is 9.53 Å². The fraction of sp³-hybridized carbons (Fsp3) is 0.217. The van der Waals surface area contributed by atoms with Gasteiger partial charge in [-0.25, -0.2) is 0 Å². The predicted octanol–water partition coefficient (Wildman–Crippen LogP) is 4.76. The molecule has 28 heavy (non-hydrogen) atoms. The number of ether oxygens (including phenoxy) is 1. The van der Waals surface area contributed by atoms with Crippen molar-refractivity contribution in [2.75, 3.05) is 17.3 Å². The lowest BCUT2D eigenvalue weighted by atomic mass is 10.2. The molecule has 3 rings (SSSR count). The van der Waals surface area contributed by atoms with E-state index >= 15 is 0 Å². The summed E-state index contributed by atoms with van der Waals surface area (Å²) in [5, 5.41) is 2.93. The van der Waals surface area contributed by atoms with E-state index in [2.05, 4.69) is 27.3 Å². The Morgan fingerprint density at radius 3 is 2.54 bits per heavy atom. The molecule has 0 saturated carbocycles. The van der Waals surface area contributed by atoms with E-state index in [-0.39, 0.29) is 12.0 Å². The predicted molar refractivity (Wildman–Crippen MR) is 113 cm³/mol. The van der Waals surface area contributed by atoms with Gasteiger partial charge in [-0.3, -0.25) is 9.78 Å². The highest BCUT2D eigenvalue weighted by atomic mass is 16.5. The highest BCUT2D eigenvalue weighted by Crippen LogP contribution is 2.26. The van der Waals surface area contributed by atoms with E-state index in [9.17, 15) is 4.79 Å². The van der Waals surface area contributed by atoms with Crippen molar-refractivity contribution in [1.29, 1.82) is 0 Å². The minimum atomic E-state index is -0.220. The molecule has 0 unspecified atom stereocenters. The number of benzene rings is 2. The molecule has 3 aromatic rings. The van der Waals surface area contributed by atoms with Crippen molar-refractivity contribution in [3.05, 3.63) is 84.2 Å². The summed E-state index contributed by atoms with van der Waals surface area (Å²) in [4.78, 5) is 19.1. The number of carbonyl (C=O) groups is 1. The van der Waals surface area contributed by atoms with Crippen LogP contribution >= 0.6 is 0 Å². The van der Waals surface area contributed by atoms with Gasteiger partial charge in [-0.15, -0.1) is 0 Å². The third kappa shape index (κ3) is 5.10. The minimum absolute atomic E-state index is 0.0229. The molecule has 0 atom stereocenters. The van der Waals surface area contributed by atoms with E-state index < -0.39 is 0 Å². The number of nitrogens with zero attached hydrogens (tertiary/aromatic N) is 2. The zero-order chi connectivity index (χ0) is 19.9. The zero-order valence-electron chi connectivity index (χ0n) is 16.4. The number of hydrogen-bond donors (Lipinski definition) is 1. The van der Waals surface area contributed by atoms with Crippen LogP contribution in [-0.4, -0.2) is 24.0 Å². The Bertz CT molecular complexity index is 926. The van der Waals surface area contributed by atoms with Gasteiger partial charge in [-0.2, -0.15) is 0 Å². The Morgan fingerprint density at radius 1 is 1.07 bits per heavy atom. The van der Waals surface area contributed by atoms with Crippen LogP contribution in [-0.2, 0) is 6.54 Å². The second-order valence-electron chi connectivity index (χ2n) is 6.89. The summed E-state index contributed by atoms with van der Waals surface area (Å²) < 4.78 is 5.77. The van der Waals surface area contributed by atoms with Crippen molar-refractivity contribution in [3.8, 4) is 5.75 Å². The summed E-state index contributed by atoms with van der Waals surface area (Å²) in [6, 6.07) is 19.4. The summed E-state index contributed by atoms with van der Waals surface area (Å²) >= 11 is 0. The van der Waals surface area contributed by atoms with Crippen LogP contribution in [0.5, 0.6) is 5.75 Å². The van der Waals surface area contributed by atoms with Gasteiger partial charge in [0.1, 0.15) is 5.75 Å². The highest BCUT2D eigenvalue weighted by molar-refractivity contribution is 6.05. The van der Waals surface area contributed by atoms with Crippen LogP contribution in [0.3, 0.4) is 0 Å². The first-order chi connectivity index (χ1) is 13.5. The average Bonchev–Trinajstić information content (AvgIpc) is 2.70. The van der Waals surface area contributed by atoms with E-state index in [4.69, 9.17) is 4.74 Å². The van der Waals surface area contributed by atoms with E-state index in [1.165, 1.54) is 5.56 Å². The largest absolute Gasteiger partial charge is 0.489 e. The van der Waals surface area contributed by atoms with Gasteiger partial charge in [0.15, 0.2) is 0 Å². The lowest BCUT2D eigenvalue weighted by Crippen LogP contribution is -2.18. The van der Waals surface area contributed by atoms with E-state index in [1.807, 2.05) is 69.4 Å². The number of aromatic nitrogens is 1. The lowest BCUT2D eigenvalue weighted by molar-refractivity contribution is 0.102. The van der Waals surface area contributed by atoms with Crippen molar-refractivity contribution >= 4 is 17.3 Å². The van der Waals surface area contributed by atoms with Crippen LogP contribution in [0.4, 0.5) is 11.4 Å². The maximum absolute atomic E-state index is 12.8. The van der Waals surface area contributed by atoms with Crippen LogP contribution in [0.2, 0.25) is 0 Å². The molecule has 0 aliphatic rings. The molecule has 1 N–H and O–H groups in total. The second kappa shape index (κ2) is 9.04. The standard InChI is InChI=1S/C23H25N3O2/c1-17(2)28-22-12-8-7-11-21(22)25-23(27)19-13-20(15-24-14-19)26(3)16-18-9-5-4-6-10-18/h4-15,17H,16H2,1-3H3,(H,25,27). The summed E-state index contributed by atoms with van der Waals surface area (Å²) in [7, 11) is 1.98. The molecule has 2 aromatic carbocycles. The number of nitrogens with one attached hydrogen (secondary N) is 1. The highest BCUT2D eigenvalue weighted by Gasteiger charge is 2.13. The summed E-state index contributed by atoms with van der Waals surface area (Å²) in [6.45, 7) is 4.64. The molecule has 5 heteroatoms. The average molecular weight is 375 g/mol. The number of anilines is 2. The monoisotopic (exact) mass is 375 g/mol. The Kier molecular flexibility index (Phi) is 6.27. The Balaban J connectivity index is 1.74. The van der Waals surface area contributed by atoms with Gasteiger partial charge in [0.2, 0.25) is 0 Å². The third-order valence-corrected chi connectivity index (χ3v) is 4.19. The molecule has 0 aliphatic carbocycles. The first-order valence-corrected chi connectivity index (χ1v) is 9.30. The first kappa shape index (κ1) is 19.4. The Morgan fingerprint density at radius 2 is 1.79 bits per heavy atom. The molecule has 0 radical (unpaired) electrons. The molecule has 0 saturated heterocycles. The molecule has 0 aliphatic heterocycles. The Labute approximate surface area is 166 Å². The van der Waals surface area contributed by atoms with Crippen molar-refractivity contribution in [1.82, 2.24) is 4.98 Å². The van der Waals surface area contributed by atoms with Crippen LogP contribution in [0.15, 0.2) is 73.1 Å². The number of rotatable bonds is 7. The van der Waals surface area contributed by atoms with Gasteiger partial charge in [0.25, 0.3) is 5.91 Å². The number of para-hydroxylation sites is 2. The molecule has 1 heterocycles. The van der Waals surface area contributed by atoms with Gasteiger partial charge < -0.3 is 15.0 Å². The SMILES string of the molecule is CC(C)Oc1ccccc1NC(=O)c1cncc(N(C)Cc2ccccc2)c1. The molecular weight excluding hydrogens is 350 g/mol. The van der Waals surface area contributed by atoms with Crippen molar-refractivity contribution in [2.45, 2.75) is 26.5 Å². The minimum Gasteiger partial charge on any atom is -0.489 e. The van der Waals surface area contributed by atoms with Crippen LogP contribution in [0, 0.1) is 0 Å². The summed E-state index contributed by atoms with van der Waals surface area (Å²) in [5.74, 6) is 0.429. The fourth-order valence-corrected chi connectivity index (χ4v) is 2.83. The van der Waals surface area contributed by atoms with Gasteiger partial charge >= 0.3 is 0 Å². The number of pyridine rings is 1. The molecule has 1 amide bonds. The molecule has 1 aromatic heterocycles. The molecule has 0 bridgehead atoms. The topological polar surface area (TPSA) is 54.5 Å². The molecule has 0 fully saturated rings. The Hall–Kier alpha value is -3.34. The normalized spacial score (nSPS) is 10.6. The van der Waals surface area contributed by atoms with Crippen LogP contribution in [0.1, 0.15) is 29.8 Å². The van der Waals surface area contributed by atoms with Crippen LogP contribution in [0.25, 0.3) is 0 Å². The number of amides is 1. The van der Waals surface area contributed by atoms with Gasteiger partial charge in [-0.1, -0.05) is 42.5 Å². The van der Waals surface area contributed by atoms with E-state index in [1.54, 1.807) is 12.4 Å². The number of hydrogen-bond acceptors (Lipinski definition) is 4. The summed E-state index contributed by atoms with van der Waals surface area (Å²) in [5.41, 5.74) is 3.21. The lowest BCUT2D eigenvalue weighted by Gasteiger charge is -2.20. The fourth-order valence-electron chi connectivity index (χ4n) is 2.83. The maximum atomic E-state index is 12.8. The van der Waals surface area contributed by atoms with Gasteiger partial charge in [0.05, 0.1) is 29.2 Å². The zero-order valence-corrected chi connectivity index (χ0v) is 16.4. The van der Waals surface area contributed by atoms with Gasteiger partial charge in [-0.05, 0) is 37.6 Å². The molecular formula is C23H25N3O2. The maximum Gasteiger partial charge on any atom is 0.257 e. The van der Waals surface area contributed by atoms with Crippen molar-refractivity contribution in [3.63, 3.8) is 0 Å². The van der Waals surface area contributed by atoms with E-state index in [0.29, 0.717) is 17.0 Å². The molecule has 5 nitrogen and oxygen atoms in total. The third-order valence-electron chi connectivity index (χ3n) is 4.19. The summed E-state index contributed by atoms with van der Waals surface area (Å²) in [6.07, 6.45) is 3.35. The first-order valence-electron chi connectivity index (χ1n) is 9.30. The van der Waals surface area contributed by atoms with Crippen LogP contribution < -0.4 is 15.0 Å². The molecule has 0 spiro atoms. The van der Waals surface area contributed by atoms with Gasteiger partial charge in [0, 0.05) is 19.8 Å². The quantitative estimate of drug-likeness (QED) is 0.647. The van der Waals surface area contributed by atoms with E-state index in [0.717, 1.165) is 12.2 Å². The molecule has 144 valence electrons. The second-order valence-corrected chi connectivity index (χ2v) is 6.89. The van der Waals surface area contributed by atoms with Crippen molar-refractivity contribution in [2.24, 2.45) is 0 Å².